The minimum absolute atomic E-state index is 0.223. The van der Waals surface area contributed by atoms with Crippen molar-refractivity contribution in [2.24, 2.45) is 0 Å². The molecule has 0 saturated heterocycles. The Morgan fingerprint density at radius 3 is 2.43 bits per heavy atom. The molecule has 0 aromatic heterocycles. The fourth-order valence-electron chi connectivity index (χ4n) is 1.87. The first-order valence-electron chi connectivity index (χ1n) is 6.47. The number of rotatable bonds is 3. The van der Waals surface area contributed by atoms with Crippen LogP contribution < -0.4 is 5.32 Å². The molecule has 0 spiro atoms. The molecule has 0 aliphatic rings. The molecule has 0 aliphatic carbocycles. The molecule has 0 heterocycles. The van der Waals surface area contributed by atoms with Crippen LogP contribution in [0.4, 0.5) is 5.69 Å². The van der Waals surface area contributed by atoms with Gasteiger partial charge in [0, 0.05) is 27.4 Å². The Hall–Kier alpha value is -1.77. The van der Waals surface area contributed by atoms with Crippen molar-refractivity contribution in [3.05, 3.63) is 69.2 Å². The van der Waals surface area contributed by atoms with Crippen molar-refractivity contribution in [2.75, 3.05) is 5.32 Å². The predicted molar refractivity (Wildman–Crippen MR) is 90.0 cm³/mol. The predicted octanol–water partition coefficient (Wildman–Crippen LogP) is 5.26. The molecule has 0 atom stereocenters. The molecule has 0 bridgehead atoms. The monoisotopic (exact) mass is 319 g/mol. The minimum Gasteiger partial charge on any atom is -0.322 e. The molecule has 0 aliphatic heterocycles. The summed E-state index contributed by atoms with van der Waals surface area (Å²) in [6, 6.07) is 11.1. The molecule has 2 aromatic carbocycles. The molecule has 1 N–H and O–H groups in total. The summed E-state index contributed by atoms with van der Waals surface area (Å²) in [5.74, 6) is -0.223. The van der Waals surface area contributed by atoms with Crippen LogP contribution in [0.3, 0.4) is 0 Å². The third-order valence-corrected chi connectivity index (χ3v) is 3.71. The van der Waals surface area contributed by atoms with Crippen LogP contribution in [0.5, 0.6) is 0 Å². The van der Waals surface area contributed by atoms with Gasteiger partial charge in [0.1, 0.15) is 0 Å². The normalized spacial score (nSPS) is 10.9. The first-order chi connectivity index (χ1) is 9.97. The first kappa shape index (κ1) is 15.6. The molecular weight excluding hydrogens is 305 g/mol. The molecule has 0 fully saturated rings. The Morgan fingerprint density at radius 1 is 1.10 bits per heavy atom. The van der Waals surface area contributed by atoms with Crippen molar-refractivity contribution in [3.63, 3.8) is 0 Å². The number of amides is 1. The smallest absolute Gasteiger partial charge is 0.248 e. The standard InChI is InChI=1S/C17H15Cl2NO/c1-11-6-7-12(2)16(10-11)20-17(21)9-8-13-14(18)4-3-5-15(13)19/h3-10H,1-2H3,(H,20,21). The summed E-state index contributed by atoms with van der Waals surface area (Å²) in [5.41, 5.74) is 3.54. The van der Waals surface area contributed by atoms with E-state index < -0.39 is 0 Å². The maximum absolute atomic E-state index is 12.0. The largest absolute Gasteiger partial charge is 0.322 e. The zero-order valence-electron chi connectivity index (χ0n) is 11.8. The van der Waals surface area contributed by atoms with Crippen molar-refractivity contribution in [1.82, 2.24) is 0 Å². The molecular formula is C17H15Cl2NO. The van der Waals surface area contributed by atoms with Gasteiger partial charge in [-0.05, 0) is 49.2 Å². The lowest BCUT2D eigenvalue weighted by atomic mass is 10.1. The van der Waals surface area contributed by atoms with E-state index in [0.29, 0.717) is 15.6 Å². The lowest BCUT2D eigenvalue weighted by Gasteiger charge is -2.07. The van der Waals surface area contributed by atoms with E-state index in [0.717, 1.165) is 16.8 Å². The summed E-state index contributed by atoms with van der Waals surface area (Å²) >= 11 is 12.1. The molecule has 2 nitrogen and oxygen atoms in total. The van der Waals surface area contributed by atoms with E-state index in [1.54, 1.807) is 24.3 Å². The molecule has 2 rings (SSSR count). The average molecular weight is 320 g/mol. The fourth-order valence-corrected chi connectivity index (χ4v) is 2.40. The van der Waals surface area contributed by atoms with Crippen LogP contribution in [-0.4, -0.2) is 5.91 Å². The summed E-state index contributed by atoms with van der Waals surface area (Å²) < 4.78 is 0. The maximum atomic E-state index is 12.0. The lowest BCUT2D eigenvalue weighted by Crippen LogP contribution is -2.09. The van der Waals surface area contributed by atoms with Crippen molar-refractivity contribution in [2.45, 2.75) is 13.8 Å². The zero-order valence-corrected chi connectivity index (χ0v) is 13.3. The number of hydrogen-bond donors (Lipinski definition) is 1. The summed E-state index contributed by atoms with van der Waals surface area (Å²) in [4.78, 5) is 12.0. The van der Waals surface area contributed by atoms with Crippen LogP contribution in [0.25, 0.3) is 6.08 Å². The van der Waals surface area contributed by atoms with E-state index in [-0.39, 0.29) is 5.91 Å². The SMILES string of the molecule is Cc1ccc(C)c(NC(=O)C=Cc2c(Cl)cccc2Cl)c1. The molecule has 0 saturated carbocycles. The highest BCUT2D eigenvalue weighted by molar-refractivity contribution is 6.37. The Morgan fingerprint density at radius 2 is 1.76 bits per heavy atom. The van der Waals surface area contributed by atoms with Crippen molar-refractivity contribution < 1.29 is 4.79 Å². The van der Waals surface area contributed by atoms with Crippen molar-refractivity contribution >= 4 is 40.9 Å². The molecule has 2 aromatic rings. The van der Waals surface area contributed by atoms with E-state index in [1.807, 2.05) is 32.0 Å². The number of hydrogen-bond acceptors (Lipinski definition) is 1. The Bertz CT molecular complexity index is 688. The average Bonchev–Trinajstić information content (AvgIpc) is 2.42. The second-order valence-corrected chi connectivity index (χ2v) is 5.59. The van der Waals surface area contributed by atoms with Crippen LogP contribution in [-0.2, 0) is 4.79 Å². The lowest BCUT2D eigenvalue weighted by molar-refractivity contribution is -0.111. The summed E-state index contributed by atoms with van der Waals surface area (Å²) in [6.07, 6.45) is 3.04. The second kappa shape index (κ2) is 6.79. The molecule has 108 valence electrons. The van der Waals surface area contributed by atoms with E-state index in [1.165, 1.54) is 6.08 Å². The number of anilines is 1. The van der Waals surface area contributed by atoms with Crippen LogP contribution in [0.15, 0.2) is 42.5 Å². The van der Waals surface area contributed by atoms with Gasteiger partial charge in [0.2, 0.25) is 5.91 Å². The zero-order chi connectivity index (χ0) is 15.4. The number of benzene rings is 2. The molecule has 0 unspecified atom stereocenters. The quantitative estimate of drug-likeness (QED) is 0.768. The van der Waals surface area contributed by atoms with Crippen LogP contribution in [0, 0.1) is 13.8 Å². The third kappa shape index (κ3) is 4.10. The van der Waals surface area contributed by atoms with Crippen molar-refractivity contribution in [3.8, 4) is 0 Å². The van der Waals surface area contributed by atoms with Crippen molar-refractivity contribution in [1.29, 1.82) is 0 Å². The van der Waals surface area contributed by atoms with Gasteiger partial charge in [0.25, 0.3) is 0 Å². The number of carbonyl (C=O) groups is 1. The highest BCUT2D eigenvalue weighted by Crippen LogP contribution is 2.25. The van der Waals surface area contributed by atoms with Gasteiger partial charge in [-0.3, -0.25) is 4.79 Å². The molecule has 0 radical (unpaired) electrons. The van der Waals surface area contributed by atoms with Gasteiger partial charge in [0.05, 0.1) is 0 Å². The first-order valence-corrected chi connectivity index (χ1v) is 7.23. The summed E-state index contributed by atoms with van der Waals surface area (Å²) in [7, 11) is 0. The second-order valence-electron chi connectivity index (χ2n) is 4.78. The molecule has 1 amide bonds. The number of aryl methyl sites for hydroxylation is 2. The van der Waals surface area contributed by atoms with Gasteiger partial charge in [0.15, 0.2) is 0 Å². The van der Waals surface area contributed by atoms with Gasteiger partial charge in [-0.25, -0.2) is 0 Å². The Labute approximate surface area is 134 Å². The van der Waals surface area contributed by atoms with E-state index in [2.05, 4.69) is 5.32 Å². The van der Waals surface area contributed by atoms with Crippen LogP contribution >= 0.6 is 23.2 Å². The van der Waals surface area contributed by atoms with Gasteiger partial charge in [-0.2, -0.15) is 0 Å². The topological polar surface area (TPSA) is 29.1 Å². The van der Waals surface area contributed by atoms with Gasteiger partial charge in [-0.15, -0.1) is 0 Å². The Kier molecular flexibility index (Phi) is 5.05. The number of halogens is 2. The van der Waals surface area contributed by atoms with Gasteiger partial charge < -0.3 is 5.32 Å². The van der Waals surface area contributed by atoms with E-state index in [9.17, 15) is 4.79 Å². The highest BCUT2D eigenvalue weighted by Gasteiger charge is 2.04. The minimum atomic E-state index is -0.223. The van der Waals surface area contributed by atoms with E-state index in [4.69, 9.17) is 23.2 Å². The molecule has 4 heteroatoms. The highest BCUT2D eigenvalue weighted by atomic mass is 35.5. The van der Waals surface area contributed by atoms with E-state index >= 15 is 0 Å². The summed E-state index contributed by atoms with van der Waals surface area (Å²) in [5, 5.41) is 3.87. The third-order valence-electron chi connectivity index (χ3n) is 3.05. The Balaban J connectivity index is 2.15. The van der Waals surface area contributed by atoms with Gasteiger partial charge in [-0.1, -0.05) is 41.4 Å². The molecule has 21 heavy (non-hydrogen) atoms. The fraction of sp³-hybridized carbons (Fsp3) is 0.118. The van der Waals surface area contributed by atoms with Crippen LogP contribution in [0.2, 0.25) is 10.0 Å². The summed E-state index contributed by atoms with van der Waals surface area (Å²) in [6.45, 7) is 3.93. The number of nitrogens with one attached hydrogen (secondary N) is 1. The van der Waals surface area contributed by atoms with Crippen LogP contribution in [0.1, 0.15) is 16.7 Å². The maximum Gasteiger partial charge on any atom is 0.248 e. The number of carbonyl (C=O) groups excluding carboxylic acids is 1. The van der Waals surface area contributed by atoms with Gasteiger partial charge >= 0.3 is 0 Å².